The van der Waals surface area contributed by atoms with Gasteiger partial charge in [0.2, 0.25) is 0 Å². The maximum absolute atomic E-state index is 4.64. The first-order valence-corrected chi connectivity index (χ1v) is 15.5. The first-order chi connectivity index (χ1) is 12.0. The van der Waals surface area contributed by atoms with Crippen molar-refractivity contribution in [2.75, 3.05) is 0 Å². The van der Waals surface area contributed by atoms with Crippen LogP contribution in [0.3, 0.4) is 0 Å². The number of rotatable bonds is 0. The Hall–Kier alpha value is -1.72. The van der Waals surface area contributed by atoms with E-state index in [1.165, 1.54) is 32.9 Å². The molecule has 2 heterocycles. The fourth-order valence-corrected chi connectivity index (χ4v) is 8.14. The minimum Gasteiger partial charge on any atom is -0.262 e. The van der Waals surface area contributed by atoms with Crippen molar-refractivity contribution in [3.8, 4) is 0 Å². The maximum atomic E-state index is 4.64. The van der Waals surface area contributed by atoms with Crippen molar-refractivity contribution in [3.05, 3.63) is 58.3 Å². The van der Waals surface area contributed by atoms with Crippen LogP contribution in [0, 0.1) is 13.8 Å². The predicted molar refractivity (Wildman–Crippen MR) is 123 cm³/mol. The lowest BCUT2D eigenvalue weighted by atomic mass is 10.1. The van der Waals surface area contributed by atoms with Gasteiger partial charge in [-0.25, -0.2) is 0 Å². The normalized spacial score (nSPS) is 18.3. The zero-order chi connectivity index (χ0) is 19.3. The third kappa shape index (κ3) is 3.19. The topological polar surface area (TPSA) is 12.4 Å². The summed E-state index contributed by atoms with van der Waals surface area (Å²) in [6, 6.07) is 13.5. The van der Waals surface area contributed by atoms with Gasteiger partial charge < -0.3 is 0 Å². The zero-order valence-corrected chi connectivity index (χ0v) is 19.5. The summed E-state index contributed by atoms with van der Waals surface area (Å²) in [5, 5.41) is 6.06. The van der Waals surface area contributed by atoms with Crippen LogP contribution in [0.15, 0.2) is 46.6 Å². The van der Waals surface area contributed by atoms with Gasteiger partial charge in [0.1, 0.15) is 16.1 Å². The summed E-state index contributed by atoms with van der Waals surface area (Å²) in [6.45, 7) is 18.3. The molecular weight excluding hydrogens is 346 g/mol. The molecule has 2 aromatic rings. The smallest absolute Gasteiger partial charge is 0.132 e. The molecule has 0 amide bonds. The lowest BCUT2D eigenvalue weighted by Gasteiger charge is -2.19. The second-order valence-electron chi connectivity index (χ2n) is 8.89. The predicted octanol–water partition coefficient (Wildman–Crippen LogP) is 5.42. The molecule has 0 fully saturated rings. The van der Waals surface area contributed by atoms with Crippen molar-refractivity contribution in [3.63, 3.8) is 0 Å². The van der Waals surface area contributed by atoms with Gasteiger partial charge in [0.15, 0.2) is 0 Å². The van der Waals surface area contributed by atoms with E-state index in [0.717, 1.165) is 0 Å². The standard InChI is InChI=1S/C12H16Si.C11H15NSi/c1-9-5-6-12-11(7-9)8-10(2)13(12,3)4;1-8-5-6-11-10(7-8)12-9(2)13(11,3)4/h5-8H,1-4H3;5-7H,1-4H3. The Bertz CT molecular complexity index is 856. The van der Waals surface area contributed by atoms with Gasteiger partial charge in [-0.05, 0) is 55.3 Å². The summed E-state index contributed by atoms with van der Waals surface area (Å²) >= 11 is 0. The van der Waals surface area contributed by atoms with E-state index < -0.39 is 16.1 Å². The molecule has 0 saturated carbocycles. The molecule has 0 bridgehead atoms. The lowest BCUT2D eigenvalue weighted by Crippen LogP contribution is -2.45. The third-order valence-electron chi connectivity index (χ3n) is 6.26. The van der Waals surface area contributed by atoms with Crippen LogP contribution in [0.25, 0.3) is 6.08 Å². The molecule has 3 heteroatoms. The van der Waals surface area contributed by atoms with Crippen molar-refractivity contribution >= 4 is 43.6 Å². The highest BCUT2D eigenvalue weighted by Crippen LogP contribution is 2.26. The van der Waals surface area contributed by atoms with Gasteiger partial charge in [0.05, 0.1) is 5.69 Å². The van der Waals surface area contributed by atoms with Gasteiger partial charge in [-0.2, -0.15) is 0 Å². The molecule has 136 valence electrons. The molecule has 2 aromatic carbocycles. The Morgan fingerprint density at radius 1 is 0.692 bits per heavy atom. The summed E-state index contributed by atoms with van der Waals surface area (Å²) in [5.74, 6) is 0. The van der Waals surface area contributed by atoms with Crippen LogP contribution in [0.2, 0.25) is 26.2 Å². The SMILES string of the molecule is CC1=Cc2cc(C)ccc2[Si]1(C)C.CC1=Nc2cc(C)ccc2[Si]1(C)C. The number of benzene rings is 2. The number of fused-ring (bicyclic) bond motifs is 2. The molecule has 0 spiro atoms. The zero-order valence-electron chi connectivity index (χ0n) is 17.5. The van der Waals surface area contributed by atoms with Crippen LogP contribution in [0.4, 0.5) is 5.69 Å². The molecule has 0 saturated heterocycles. The van der Waals surface area contributed by atoms with E-state index in [4.69, 9.17) is 0 Å². The van der Waals surface area contributed by atoms with Crippen molar-refractivity contribution < 1.29 is 0 Å². The minimum atomic E-state index is -1.34. The number of hydrogen-bond donors (Lipinski definition) is 0. The van der Waals surface area contributed by atoms with Crippen molar-refractivity contribution in [1.29, 1.82) is 0 Å². The van der Waals surface area contributed by atoms with E-state index in [2.05, 4.69) is 101 Å². The largest absolute Gasteiger partial charge is 0.262 e. The Labute approximate surface area is 160 Å². The van der Waals surface area contributed by atoms with E-state index in [9.17, 15) is 0 Å². The van der Waals surface area contributed by atoms with E-state index in [0.29, 0.717) is 0 Å². The molecule has 0 radical (unpaired) electrons. The molecule has 0 aliphatic carbocycles. The number of nitrogens with zero attached hydrogens (tertiary/aromatic N) is 1. The average molecular weight is 378 g/mol. The van der Waals surface area contributed by atoms with E-state index >= 15 is 0 Å². The number of hydrogen-bond acceptors (Lipinski definition) is 1. The molecule has 2 aliphatic rings. The van der Waals surface area contributed by atoms with Gasteiger partial charge in [-0.15, -0.1) is 0 Å². The van der Waals surface area contributed by atoms with Crippen LogP contribution in [-0.4, -0.2) is 21.5 Å². The van der Waals surface area contributed by atoms with Gasteiger partial charge in [0, 0.05) is 5.33 Å². The Morgan fingerprint density at radius 2 is 1.27 bits per heavy atom. The van der Waals surface area contributed by atoms with Crippen molar-refractivity contribution in [1.82, 2.24) is 0 Å². The van der Waals surface area contributed by atoms with Crippen LogP contribution >= 0.6 is 0 Å². The molecule has 0 aromatic heterocycles. The van der Waals surface area contributed by atoms with Gasteiger partial charge >= 0.3 is 0 Å². The number of allylic oxidation sites excluding steroid dienone is 1. The lowest BCUT2D eigenvalue weighted by molar-refractivity contribution is 1.45. The molecule has 26 heavy (non-hydrogen) atoms. The van der Waals surface area contributed by atoms with Crippen molar-refractivity contribution in [2.24, 2.45) is 4.99 Å². The molecule has 0 atom stereocenters. The van der Waals surface area contributed by atoms with Crippen LogP contribution in [-0.2, 0) is 0 Å². The minimum absolute atomic E-state index is 1.22. The highest BCUT2D eigenvalue weighted by atomic mass is 28.3. The van der Waals surface area contributed by atoms with Crippen LogP contribution < -0.4 is 10.4 Å². The quantitative estimate of drug-likeness (QED) is 0.543. The fraction of sp³-hybridized carbons (Fsp3) is 0.348. The number of aryl methyl sites for hydroxylation is 2. The van der Waals surface area contributed by atoms with E-state index in [1.807, 2.05) is 0 Å². The monoisotopic (exact) mass is 377 g/mol. The maximum Gasteiger partial charge on any atom is 0.132 e. The molecule has 2 aliphatic heterocycles. The van der Waals surface area contributed by atoms with E-state index in [1.54, 1.807) is 10.4 Å². The highest BCUT2D eigenvalue weighted by molar-refractivity contribution is 7.15. The number of aliphatic imine (C=N–C) groups is 1. The Kier molecular flexibility index (Phi) is 4.74. The third-order valence-corrected chi connectivity index (χ3v) is 13.9. The Morgan fingerprint density at radius 3 is 1.92 bits per heavy atom. The van der Waals surface area contributed by atoms with Crippen molar-refractivity contribution in [2.45, 2.75) is 53.9 Å². The van der Waals surface area contributed by atoms with Crippen LogP contribution in [0.5, 0.6) is 0 Å². The molecule has 0 unspecified atom stereocenters. The highest BCUT2D eigenvalue weighted by Gasteiger charge is 2.34. The fourth-order valence-electron chi connectivity index (χ4n) is 3.77. The second-order valence-corrected chi connectivity index (χ2v) is 18.0. The van der Waals surface area contributed by atoms with Gasteiger partial charge in [-0.3, -0.25) is 4.99 Å². The second kappa shape index (κ2) is 6.47. The molecule has 4 rings (SSSR count). The average Bonchev–Trinajstić information content (AvgIpc) is 2.89. The molecule has 1 nitrogen and oxygen atoms in total. The first-order valence-electron chi connectivity index (χ1n) is 9.50. The molecular formula is C23H31NSi2. The first kappa shape index (κ1) is 19.1. The summed E-state index contributed by atoms with van der Waals surface area (Å²) in [6.07, 6.45) is 2.37. The van der Waals surface area contributed by atoms with Crippen LogP contribution in [0.1, 0.15) is 30.5 Å². The summed E-state index contributed by atoms with van der Waals surface area (Å²) < 4.78 is 0. The van der Waals surface area contributed by atoms with E-state index in [-0.39, 0.29) is 0 Å². The van der Waals surface area contributed by atoms with Gasteiger partial charge in [-0.1, -0.05) is 73.4 Å². The summed E-state index contributed by atoms with van der Waals surface area (Å²) in [4.78, 5) is 4.64. The Balaban J connectivity index is 0.000000151. The summed E-state index contributed by atoms with van der Waals surface area (Å²) in [7, 11) is -2.56. The molecule has 0 N–H and O–H groups in total. The van der Waals surface area contributed by atoms with Gasteiger partial charge in [0.25, 0.3) is 0 Å². The summed E-state index contributed by atoms with van der Waals surface area (Å²) in [5.41, 5.74) is 5.36.